The average molecular weight is 1260 g/mol. The van der Waals surface area contributed by atoms with Gasteiger partial charge in [-0.1, -0.05) is 197 Å². The summed E-state index contributed by atoms with van der Waals surface area (Å²) in [7, 11) is -6.84. The molecule has 88 heavy (non-hydrogen) atoms. The SMILES string of the molecule is CC(C)[Si](O[C@@H](CCc1ccccc1)CC[C@@H]1[C@@H](C/C=C/CCCC(=O)OCc2ccc(C(CNC(=O)OC(C)(C)C)C(=O)Nc3ccc4cnccc4c3)cc2)[C@@H](O[Si](C(C)C)(C(C)C)C(C)C)C[C@H]1O[Si](C(C)C)(C(C)C)C(C)C)(C(C)C)C(C)C. The number of aryl methyl sites for hydroxylation is 1. The molecule has 0 bridgehead atoms. The Morgan fingerprint density at radius 2 is 1.18 bits per heavy atom. The van der Waals surface area contributed by atoms with E-state index in [-0.39, 0.29) is 49.3 Å². The normalized spacial score (nSPS) is 17.9. The Balaban J connectivity index is 1.37. The van der Waals surface area contributed by atoms with Crippen molar-refractivity contribution in [3.8, 4) is 0 Å². The van der Waals surface area contributed by atoms with Crippen LogP contribution in [0.5, 0.6) is 0 Å². The number of alkyl carbamates (subject to hydrolysis) is 1. The molecule has 2 N–H and O–H groups in total. The fourth-order valence-electron chi connectivity index (χ4n) is 15.8. The highest BCUT2D eigenvalue weighted by molar-refractivity contribution is 6.78. The number of hydrogen-bond donors (Lipinski definition) is 2. The summed E-state index contributed by atoms with van der Waals surface area (Å²) in [5, 5.41) is 7.74. The number of nitrogens with zero attached hydrogens (tertiary/aromatic N) is 1. The number of fused-ring (bicyclic) bond motifs is 1. The van der Waals surface area contributed by atoms with Crippen LogP contribution >= 0.6 is 0 Å². The second kappa shape index (κ2) is 33.7. The Hall–Kier alpha value is -4.45. The van der Waals surface area contributed by atoms with Gasteiger partial charge in [-0.3, -0.25) is 14.6 Å². The van der Waals surface area contributed by atoms with Gasteiger partial charge in [0.2, 0.25) is 30.9 Å². The maximum atomic E-state index is 13.9. The number of ether oxygens (including phenoxy) is 2. The quantitative estimate of drug-likeness (QED) is 0.0203. The van der Waals surface area contributed by atoms with Gasteiger partial charge in [0.1, 0.15) is 12.2 Å². The molecule has 14 heteroatoms. The second-order valence-electron chi connectivity index (χ2n) is 29.5. The number of hydrogen-bond acceptors (Lipinski definition) is 9. The van der Waals surface area contributed by atoms with E-state index in [9.17, 15) is 14.4 Å². The lowest BCUT2D eigenvalue weighted by atomic mass is 9.85. The van der Waals surface area contributed by atoms with Crippen LogP contribution in [0.3, 0.4) is 0 Å². The fraction of sp³-hybridized carbons (Fsp3) is 0.649. The summed E-state index contributed by atoms with van der Waals surface area (Å²) in [6, 6.07) is 26.0. The van der Waals surface area contributed by atoms with E-state index in [1.165, 1.54) is 5.56 Å². The third kappa shape index (κ3) is 19.5. The second-order valence-corrected chi connectivity index (χ2v) is 45.8. The van der Waals surface area contributed by atoms with Crippen molar-refractivity contribution in [1.82, 2.24) is 10.3 Å². The molecular weight excluding hydrogens is 1140 g/mol. The van der Waals surface area contributed by atoms with Crippen LogP contribution in [-0.2, 0) is 45.4 Å². The minimum absolute atomic E-state index is 0.0158. The average Bonchev–Trinajstić information content (AvgIpc) is 3.88. The van der Waals surface area contributed by atoms with Crippen LogP contribution in [0.4, 0.5) is 10.5 Å². The maximum absolute atomic E-state index is 13.9. The van der Waals surface area contributed by atoms with E-state index in [1.54, 1.807) is 33.2 Å². The van der Waals surface area contributed by atoms with Gasteiger partial charge >= 0.3 is 12.1 Å². The molecule has 490 valence electrons. The minimum atomic E-state index is -2.31. The molecule has 1 saturated carbocycles. The number of aromatic nitrogens is 1. The van der Waals surface area contributed by atoms with Crippen LogP contribution < -0.4 is 10.6 Å². The summed E-state index contributed by atoms with van der Waals surface area (Å²) in [5.41, 5.74) is 7.05. The Morgan fingerprint density at radius 1 is 0.625 bits per heavy atom. The zero-order chi connectivity index (χ0) is 65.3. The van der Waals surface area contributed by atoms with E-state index < -0.39 is 42.6 Å². The summed E-state index contributed by atoms with van der Waals surface area (Å²) in [4.78, 5) is 44.3. The standard InChI is InChI=1S/C74H119N3O8Si3/c1-50(2)86(51(3)4,52(5)6)83-65(40-35-59-29-25-24-26-30-59)41-42-67-66(69(84-87(53(7)8,54(9)10)55(11)12)46-70(67)85-88(56(13)14,57(15)16)58(17)18)31-27-22-23-28-32-71(78)81-49-60-33-36-61(37-34-60)68(48-76-73(80)82-74(19,20)21)72(79)77-64-39-38-63-47-75-44-43-62(63)45-64/h22,24-27,29-30,33-34,36-39,43-45,47,50-58,65-70H,23,28,31-32,35,40-42,46,48-49H2,1-21H3,(H,76,80)(H,77,79)/b27-22+/t65-,66+,67+,68?,69-,70+/m0/s1. The van der Waals surface area contributed by atoms with Gasteiger partial charge in [-0.25, -0.2) is 4.79 Å². The first-order chi connectivity index (χ1) is 41.4. The van der Waals surface area contributed by atoms with Crippen LogP contribution in [0, 0.1) is 11.8 Å². The first-order valence-corrected chi connectivity index (χ1v) is 40.4. The van der Waals surface area contributed by atoms with Crippen molar-refractivity contribution >= 4 is 59.4 Å². The molecule has 1 aliphatic rings. The Morgan fingerprint density at radius 3 is 1.73 bits per heavy atom. The van der Waals surface area contributed by atoms with Crippen molar-refractivity contribution in [2.75, 3.05) is 11.9 Å². The largest absolute Gasteiger partial charge is 0.461 e. The lowest BCUT2D eigenvalue weighted by Crippen LogP contribution is -2.51. The van der Waals surface area contributed by atoms with Crippen molar-refractivity contribution in [3.63, 3.8) is 0 Å². The summed E-state index contributed by atoms with van der Waals surface area (Å²) in [5.74, 6) is -0.706. The minimum Gasteiger partial charge on any atom is -0.461 e. The zero-order valence-electron chi connectivity index (χ0n) is 58.5. The topological polar surface area (TPSA) is 134 Å². The molecule has 3 aromatic carbocycles. The molecule has 1 fully saturated rings. The van der Waals surface area contributed by atoms with Crippen molar-refractivity contribution in [2.45, 2.75) is 289 Å². The number of allylic oxidation sites excluding steroid dienone is 2. The molecule has 11 nitrogen and oxygen atoms in total. The maximum Gasteiger partial charge on any atom is 0.407 e. The molecule has 0 radical (unpaired) electrons. The van der Waals surface area contributed by atoms with Crippen LogP contribution in [0.25, 0.3) is 10.8 Å². The number of amides is 2. The number of pyridine rings is 1. The van der Waals surface area contributed by atoms with Crippen molar-refractivity contribution in [2.24, 2.45) is 11.8 Å². The van der Waals surface area contributed by atoms with Crippen molar-refractivity contribution < 1.29 is 37.1 Å². The monoisotopic (exact) mass is 1260 g/mol. The molecule has 1 unspecified atom stereocenters. The molecule has 1 aliphatic carbocycles. The number of carbonyl (C=O) groups is 3. The highest BCUT2D eigenvalue weighted by Gasteiger charge is 2.55. The molecular formula is C74H119N3O8Si3. The number of rotatable bonds is 34. The summed E-state index contributed by atoms with van der Waals surface area (Å²) >= 11 is 0. The number of esters is 1. The van der Waals surface area contributed by atoms with E-state index in [0.29, 0.717) is 79.9 Å². The predicted molar refractivity (Wildman–Crippen MR) is 375 cm³/mol. The Bertz CT molecular complexity index is 2730. The van der Waals surface area contributed by atoms with Gasteiger partial charge in [0.25, 0.3) is 0 Å². The number of unbranched alkanes of at least 4 members (excludes halogenated alkanes) is 1. The molecule has 1 aromatic heterocycles. The van der Waals surface area contributed by atoms with E-state index in [0.717, 1.165) is 61.3 Å². The molecule has 0 saturated heterocycles. The third-order valence-corrected chi connectivity index (χ3v) is 38.2. The molecule has 4 aromatic rings. The van der Waals surface area contributed by atoms with E-state index in [4.69, 9.17) is 22.8 Å². The van der Waals surface area contributed by atoms with Crippen LogP contribution in [-0.4, -0.2) is 78.4 Å². The van der Waals surface area contributed by atoms with Crippen molar-refractivity contribution in [3.05, 3.63) is 120 Å². The van der Waals surface area contributed by atoms with E-state index >= 15 is 0 Å². The van der Waals surface area contributed by atoms with E-state index in [2.05, 4.69) is 183 Å². The summed E-state index contributed by atoms with van der Waals surface area (Å²) in [6.07, 6.45) is 15.5. The lowest BCUT2D eigenvalue weighted by Gasteiger charge is -2.46. The molecule has 0 spiro atoms. The molecule has 5 rings (SSSR count). The molecule has 0 aliphatic heterocycles. The zero-order valence-corrected chi connectivity index (χ0v) is 61.5. The highest BCUT2D eigenvalue weighted by atomic mass is 28.4. The Labute approximate surface area is 537 Å². The summed E-state index contributed by atoms with van der Waals surface area (Å²) < 4.78 is 35.3. The van der Waals surface area contributed by atoms with Gasteiger partial charge in [0.15, 0.2) is 0 Å². The van der Waals surface area contributed by atoms with Gasteiger partial charge in [-0.15, -0.1) is 0 Å². The lowest BCUT2D eigenvalue weighted by molar-refractivity contribution is -0.145. The van der Waals surface area contributed by atoms with Crippen molar-refractivity contribution in [1.29, 1.82) is 0 Å². The van der Waals surface area contributed by atoms with Gasteiger partial charge in [0, 0.05) is 42.5 Å². The first-order valence-electron chi connectivity index (χ1n) is 34.0. The molecule has 6 atom stereocenters. The predicted octanol–water partition coefficient (Wildman–Crippen LogP) is 20.4. The smallest absolute Gasteiger partial charge is 0.407 e. The van der Waals surface area contributed by atoms with Gasteiger partial charge in [0.05, 0.1) is 18.1 Å². The van der Waals surface area contributed by atoms with E-state index in [1.807, 2.05) is 48.5 Å². The first kappa shape index (κ1) is 74.3. The number of nitrogens with one attached hydrogen (secondary N) is 2. The molecule has 1 heterocycles. The van der Waals surface area contributed by atoms with Crippen LogP contribution in [0.15, 0.2) is 103 Å². The Kier molecular flexibility index (Phi) is 28.5. The third-order valence-electron chi connectivity index (χ3n) is 19.8. The summed E-state index contributed by atoms with van der Waals surface area (Å²) in [6.45, 7) is 49.1. The van der Waals surface area contributed by atoms with Crippen LogP contribution in [0.2, 0.25) is 49.9 Å². The fourth-order valence-corrected chi connectivity index (χ4v) is 32.7. The van der Waals surface area contributed by atoms with Gasteiger partial charge < -0.3 is 33.4 Å². The number of carbonyl (C=O) groups excluding carboxylic acids is 3. The highest BCUT2D eigenvalue weighted by Crippen LogP contribution is 2.53. The van der Waals surface area contributed by atoms with Gasteiger partial charge in [-0.2, -0.15) is 0 Å². The number of anilines is 1. The van der Waals surface area contributed by atoms with Gasteiger partial charge in [-0.05, 0) is 174 Å². The number of benzene rings is 3. The molecule has 2 amide bonds. The van der Waals surface area contributed by atoms with Crippen LogP contribution in [0.1, 0.15) is 219 Å².